The van der Waals surface area contributed by atoms with Crippen molar-refractivity contribution in [3.8, 4) is 0 Å². The van der Waals surface area contributed by atoms with Gasteiger partial charge in [-0.3, -0.25) is 0 Å². The largest absolute Gasteiger partial charge is 0.411 e. The molecule has 1 nitrogen and oxygen atoms in total. The quantitative estimate of drug-likeness (QED) is 0.551. The minimum Gasteiger partial charge on any atom is -0.372 e. The Morgan fingerprint density at radius 1 is 1.27 bits per heavy atom. The highest BCUT2D eigenvalue weighted by atomic mass is 79.9. The van der Waals surface area contributed by atoms with Crippen LogP contribution in [0.3, 0.4) is 0 Å². The maximum Gasteiger partial charge on any atom is 0.411 e. The number of rotatable bonds is 5. The van der Waals surface area contributed by atoms with Gasteiger partial charge in [-0.15, -0.1) is 0 Å². The van der Waals surface area contributed by atoms with E-state index in [1.165, 1.54) is 19.3 Å². The van der Waals surface area contributed by atoms with E-state index in [0.29, 0.717) is 10.7 Å². The zero-order valence-electron chi connectivity index (χ0n) is 8.52. The fourth-order valence-electron chi connectivity index (χ4n) is 1.95. The first kappa shape index (κ1) is 13.3. The standard InChI is InChI=1S/C10H16BrF3O/c11-9-5-1-3-8(9)4-2-6-15-7-10(12,13)14/h8-9H,1-7H2. The molecule has 0 aromatic rings. The molecule has 0 amide bonds. The lowest BCUT2D eigenvalue weighted by atomic mass is 10.0. The lowest BCUT2D eigenvalue weighted by Gasteiger charge is -2.13. The SMILES string of the molecule is FC(F)(F)COCCCC1CCCC1Br. The van der Waals surface area contributed by atoms with E-state index in [4.69, 9.17) is 0 Å². The van der Waals surface area contributed by atoms with E-state index in [1.54, 1.807) is 0 Å². The van der Waals surface area contributed by atoms with Crippen LogP contribution in [0, 0.1) is 5.92 Å². The molecule has 0 N–H and O–H groups in total. The van der Waals surface area contributed by atoms with Gasteiger partial charge in [-0.1, -0.05) is 22.4 Å². The van der Waals surface area contributed by atoms with Gasteiger partial charge in [0.05, 0.1) is 0 Å². The maximum absolute atomic E-state index is 11.7. The van der Waals surface area contributed by atoms with E-state index >= 15 is 0 Å². The second kappa shape index (κ2) is 6.09. The van der Waals surface area contributed by atoms with E-state index < -0.39 is 12.8 Å². The fraction of sp³-hybridized carbons (Fsp3) is 1.00. The van der Waals surface area contributed by atoms with Gasteiger partial charge in [-0.2, -0.15) is 13.2 Å². The Bertz CT molecular complexity index is 184. The molecule has 0 saturated heterocycles. The van der Waals surface area contributed by atoms with Gasteiger partial charge in [0, 0.05) is 11.4 Å². The molecule has 1 rings (SSSR count). The molecular formula is C10H16BrF3O. The second-order valence-corrected chi connectivity index (χ2v) is 5.19. The maximum atomic E-state index is 11.7. The molecule has 0 aromatic heterocycles. The van der Waals surface area contributed by atoms with Gasteiger partial charge in [0.1, 0.15) is 6.61 Å². The van der Waals surface area contributed by atoms with Crippen molar-refractivity contribution >= 4 is 15.9 Å². The Balaban J connectivity index is 1.97. The van der Waals surface area contributed by atoms with Crippen molar-refractivity contribution in [3.63, 3.8) is 0 Å². The first-order valence-electron chi connectivity index (χ1n) is 5.27. The lowest BCUT2D eigenvalue weighted by Crippen LogP contribution is -2.17. The summed E-state index contributed by atoms with van der Waals surface area (Å²) < 4.78 is 39.7. The zero-order valence-corrected chi connectivity index (χ0v) is 10.1. The summed E-state index contributed by atoms with van der Waals surface area (Å²) in [6, 6.07) is 0. The molecule has 0 heterocycles. The molecule has 15 heavy (non-hydrogen) atoms. The third kappa shape index (κ3) is 5.76. The first-order chi connectivity index (χ1) is 6.99. The Morgan fingerprint density at radius 3 is 2.53 bits per heavy atom. The highest BCUT2D eigenvalue weighted by molar-refractivity contribution is 9.09. The first-order valence-corrected chi connectivity index (χ1v) is 6.19. The Hall–Kier alpha value is 0.230. The van der Waals surface area contributed by atoms with E-state index in [9.17, 15) is 13.2 Å². The number of halogens is 4. The van der Waals surface area contributed by atoms with Crippen LogP contribution in [0.2, 0.25) is 0 Å². The molecule has 2 unspecified atom stereocenters. The van der Waals surface area contributed by atoms with E-state index in [-0.39, 0.29) is 6.61 Å². The van der Waals surface area contributed by atoms with Crippen LogP contribution < -0.4 is 0 Å². The van der Waals surface area contributed by atoms with Gasteiger partial charge < -0.3 is 4.74 Å². The predicted molar refractivity (Wildman–Crippen MR) is 56.2 cm³/mol. The third-order valence-corrected chi connectivity index (χ3v) is 3.90. The molecule has 1 aliphatic carbocycles. The number of hydrogen-bond acceptors (Lipinski definition) is 1. The van der Waals surface area contributed by atoms with Crippen LogP contribution in [-0.2, 0) is 4.74 Å². The van der Waals surface area contributed by atoms with E-state index in [0.717, 1.165) is 12.8 Å². The molecule has 0 bridgehead atoms. The van der Waals surface area contributed by atoms with Crippen molar-refractivity contribution in [2.75, 3.05) is 13.2 Å². The van der Waals surface area contributed by atoms with Crippen LogP contribution in [0.4, 0.5) is 13.2 Å². The molecule has 0 spiro atoms. The Morgan fingerprint density at radius 2 is 2.00 bits per heavy atom. The molecule has 5 heteroatoms. The van der Waals surface area contributed by atoms with Gasteiger partial charge in [0.15, 0.2) is 0 Å². The average molecular weight is 289 g/mol. The molecule has 0 radical (unpaired) electrons. The highest BCUT2D eigenvalue weighted by Gasteiger charge is 2.27. The molecule has 1 aliphatic rings. The van der Waals surface area contributed by atoms with Crippen molar-refractivity contribution in [3.05, 3.63) is 0 Å². The molecule has 90 valence electrons. The normalized spacial score (nSPS) is 27.2. The summed E-state index contributed by atoms with van der Waals surface area (Å²) in [6.45, 7) is -0.898. The minimum absolute atomic E-state index is 0.218. The second-order valence-electron chi connectivity index (χ2n) is 4.02. The lowest BCUT2D eigenvalue weighted by molar-refractivity contribution is -0.174. The topological polar surface area (TPSA) is 9.23 Å². The highest BCUT2D eigenvalue weighted by Crippen LogP contribution is 2.34. The van der Waals surface area contributed by atoms with E-state index in [1.807, 2.05) is 0 Å². The van der Waals surface area contributed by atoms with Crippen LogP contribution in [-0.4, -0.2) is 24.2 Å². The number of alkyl halides is 4. The summed E-state index contributed by atoms with van der Waals surface area (Å²) in [7, 11) is 0. The monoisotopic (exact) mass is 288 g/mol. The molecule has 0 aromatic carbocycles. The van der Waals surface area contributed by atoms with Crippen LogP contribution in [0.1, 0.15) is 32.1 Å². The van der Waals surface area contributed by atoms with Crippen LogP contribution >= 0.6 is 15.9 Å². The van der Waals surface area contributed by atoms with Crippen LogP contribution in [0.15, 0.2) is 0 Å². The fourth-order valence-corrected chi connectivity index (χ4v) is 2.80. The zero-order chi connectivity index (χ0) is 11.3. The van der Waals surface area contributed by atoms with Gasteiger partial charge in [0.25, 0.3) is 0 Å². The van der Waals surface area contributed by atoms with Crippen molar-refractivity contribution in [1.29, 1.82) is 0 Å². The van der Waals surface area contributed by atoms with Crippen molar-refractivity contribution in [2.24, 2.45) is 5.92 Å². The smallest absolute Gasteiger partial charge is 0.372 e. The Labute approximate surface area is 96.5 Å². The van der Waals surface area contributed by atoms with Gasteiger partial charge in [0.2, 0.25) is 0 Å². The molecule has 1 fully saturated rings. The summed E-state index contributed by atoms with van der Waals surface area (Å²) in [6.07, 6.45) is 1.11. The predicted octanol–water partition coefficient (Wildman–Crippen LogP) is 3.91. The van der Waals surface area contributed by atoms with Crippen molar-refractivity contribution in [1.82, 2.24) is 0 Å². The molecule has 2 atom stereocenters. The average Bonchev–Trinajstić information content (AvgIpc) is 2.49. The Kier molecular flexibility index (Phi) is 5.39. The third-order valence-electron chi connectivity index (χ3n) is 2.70. The minimum atomic E-state index is -4.19. The van der Waals surface area contributed by atoms with E-state index in [2.05, 4.69) is 20.7 Å². The summed E-state index contributed by atoms with van der Waals surface area (Å²) in [4.78, 5) is 0.556. The van der Waals surface area contributed by atoms with Gasteiger partial charge in [-0.25, -0.2) is 0 Å². The van der Waals surface area contributed by atoms with Crippen molar-refractivity contribution in [2.45, 2.75) is 43.1 Å². The van der Waals surface area contributed by atoms with Crippen molar-refractivity contribution < 1.29 is 17.9 Å². The molecule has 0 aliphatic heterocycles. The van der Waals surface area contributed by atoms with Crippen LogP contribution in [0.25, 0.3) is 0 Å². The summed E-state index contributed by atoms with van der Waals surface area (Å²) in [5.41, 5.74) is 0. The molecule has 1 saturated carbocycles. The van der Waals surface area contributed by atoms with Gasteiger partial charge in [-0.05, 0) is 31.6 Å². The van der Waals surface area contributed by atoms with Gasteiger partial charge >= 0.3 is 6.18 Å². The number of hydrogen-bond donors (Lipinski definition) is 0. The summed E-state index contributed by atoms with van der Waals surface area (Å²) in [5.74, 6) is 0.625. The summed E-state index contributed by atoms with van der Waals surface area (Å²) >= 11 is 3.58. The summed E-state index contributed by atoms with van der Waals surface area (Å²) in [5, 5.41) is 0. The molecular weight excluding hydrogens is 273 g/mol. The number of ether oxygens (including phenoxy) is 1. The van der Waals surface area contributed by atoms with Crippen LogP contribution in [0.5, 0.6) is 0 Å².